The maximum absolute atomic E-state index is 11.0. The van der Waals surface area contributed by atoms with Gasteiger partial charge >= 0.3 is 10.1 Å². The van der Waals surface area contributed by atoms with Crippen molar-refractivity contribution < 1.29 is 17.8 Å². The van der Waals surface area contributed by atoms with Crippen LogP contribution in [0.4, 0.5) is 0 Å². The molecule has 0 aliphatic carbocycles. The van der Waals surface area contributed by atoms with Crippen molar-refractivity contribution in [3.05, 3.63) is 41.9 Å². The highest BCUT2D eigenvalue weighted by Gasteiger charge is 2.21. The van der Waals surface area contributed by atoms with Gasteiger partial charge in [-0.15, -0.1) is 0 Å². The molecular formula is C11H10N2O4S. The predicted molar refractivity (Wildman–Crippen MR) is 63.5 cm³/mol. The topological polar surface area (TPSA) is 89.3 Å². The van der Waals surface area contributed by atoms with E-state index in [0.29, 0.717) is 12.0 Å². The first kappa shape index (κ1) is 12.5. The van der Waals surface area contributed by atoms with Gasteiger partial charge in [0.05, 0.1) is 0 Å². The lowest BCUT2D eigenvalue weighted by Gasteiger charge is -2.04. The Labute approximate surface area is 104 Å². The minimum absolute atomic E-state index is 0.207. The van der Waals surface area contributed by atoms with E-state index in [1.165, 1.54) is 10.9 Å². The fourth-order valence-electron chi connectivity index (χ4n) is 1.56. The zero-order valence-corrected chi connectivity index (χ0v) is 10.3. The van der Waals surface area contributed by atoms with E-state index in [1.54, 1.807) is 12.1 Å². The van der Waals surface area contributed by atoms with E-state index in [4.69, 9.17) is 4.55 Å². The second kappa shape index (κ2) is 4.35. The van der Waals surface area contributed by atoms with E-state index >= 15 is 0 Å². The Hall–Kier alpha value is -1.99. The van der Waals surface area contributed by atoms with E-state index in [1.807, 2.05) is 19.1 Å². The number of carbonyl (C=O) groups excluding carboxylic acids is 1. The average molecular weight is 266 g/mol. The first-order valence-electron chi connectivity index (χ1n) is 5.00. The summed E-state index contributed by atoms with van der Waals surface area (Å²) in [6.07, 6.45) is 1.52. The summed E-state index contributed by atoms with van der Waals surface area (Å²) in [6.45, 7) is 1.90. The van der Waals surface area contributed by atoms with E-state index in [2.05, 4.69) is 4.98 Å². The lowest BCUT2D eigenvalue weighted by Crippen LogP contribution is -2.05. The van der Waals surface area contributed by atoms with Crippen molar-refractivity contribution in [1.29, 1.82) is 0 Å². The Morgan fingerprint density at radius 2 is 1.89 bits per heavy atom. The van der Waals surface area contributed by atoms with Gasteiger partial charge in [0.25, 0.3) is 0 Å². The number of imidazole rings is 1. The largest absolute Gasteiger partial charge is 0.314 e. The van der Waals surface area contributed by atoms with Crippen LogP contribution in [-0.2, 0) is 10.1 Å². The number of hydrogen-bond acceptors (Lipinski definition) is 4. The molecule has 0 aliphatic heterocycles. The first-order chi connectivity index (χ1) is 8.43. The third-order valence-corrected chi connectivity index (χ3v) is 3.24. The van der Waals surface area contributed by atoms with Crippen LogP contribution in [0.25, 0.3) is 5.69 Å². The summed E-state index contributed by atoms with van der Waals surface area (Å²) in [5, 5.41) is -0.641. The monoisotopic (exact) mass is 266 g/mol. The summed E-state index contributed by atoms with van der Waals surface area (Å²) in [7, 11) is -4.50. The van der Waals surface area contributed by atoms with Gasteiger partial charge in [-0.3, -0.25) is 13.9 Å². The van der Waals surface area contributed by atoms with Gasteiger partial charge in [0.15, 0.2) is 6.29 Å². The normalized spacial score (nSPS) is 11.4. The van der Waals surface area contributed by atoms with E-state index < -0.39 is 15.1 Å². The summed E-state index contributed by atoms with van der Waals surface area (Å²) >= 11 is 0. The first-order valence-corrected chi connectivity index (χ1v) is 6.44. The van der Waals surface area contributed by atoms with Crippen LogP contribution in [0.1, 0.15) is 16.1 Å². The van der Waals surface area contributed by atoms with E-state index in [-0.39, 0.29) is 5.69 Å². The van der Waals surface area contributed by atoms with Crippen molar-refractivity contribution in [1.82, 2.24) is 9.55 Å². The van der Waals surface area contributed by atoms with Crippen LogP contribution in [-0.4, -0.2) is 28.8 Å². The molecule has 0 saturated heterocycles. The van der Waals surface area contributed by atoms with Crippen molar-refractivity contribution in [3.63, 3.8) is 0 Å². The molecule has 0 unspecified atom stereocenters. The maximum atomic E-state index is 11.0. The predicted octanol–water partition coefficient (Wildman–Crippen LogP) is 1.24. The Bertz CT molecular complexity index is 686. The smallest absolute Gasteiger partial charge is 0.296 e. The number of aromatic nitrogens is 2. The molecule has 1 N–H and O–H groups in total. The molecule has 0 spiro atoms. The summed E-state index contributed by atoms with van der Waals surface area (Å²) in [5.41, 5.74) is 1.41. The maximum Gasteiger partial charge on any atom is 0.314 e. The highest BCUT2D eigenvalue weighted by Crippen LogP contribution is 2.17. The molecule has 0 aliphatic rings. The molecule has 0 bridgehead atoms. The SMILES string of the molecule is Cc1ccc(-n2cnc(S(=O)(=O)O)c2C=O)cc1. The number of aryl methyl sites for hydroxylation is 1. The Balaban J connectivity index is 2.63. The molecule has 0 saturated carbocycles. The summed E-state index contributed by atoms with van der Waals surface area (Å²) in [4.78, 5) is 14.5. The van der Waals surface area contributed by atoms with Gasteiger partial charge in [0.2, 0.25) is 5.03 Å². The van der Waals surface area contributed by atoms with Crippen molar-refractivity contribution >= 4 is 16.4 Å². The van der Waals surface area contributed by atoms with Crippen LogP contribution >= 0.6 is 0 Å². The zero-order valence-electron chi connectivity index (χ0n) is 9.44. The molecule has 0 radical (unpaired) electrons. The number of benzene rings is 1. The molecule has 18 heavy (non-hydrogen) atoms. The molecule has 0 atom stereocenters. The van der Waals surface area contributed by atoms with Crippen molar-refractivity contribution in [3.8, 4) is 5.69 Å². The minimum Gasteiger partial charge on any atom is -0.296 e. The molecule has 1 aromatic carbocycles. The molecule has 6 nitrogen and oxygen atoms in total. The van der Waals surface area contributed by atoms with Gasteiger partial charge in [0.1, 0.15) is 12.0 Å². The summed E-state index contributed by atoms with van der Waals surface area (Å²) in [6, 6.07) is 7.07. The Morgan fingerprint density at radius 1 is 1.28 bits per heavy atom. The molecule has 2 rings (SSSR count). The van der Waals surface area contributed by atoms with Crippen LogP contribution < -0.4 is 0 Å². The van der Waals surface area contributed by atoms with E-state index in [0.717, 1.165) is 5.56 Å². The standard InChI is InChI=1S/C11H10N2O4S/c1-8-2-4-9(5-3-8)13-7-12-11(10(13)6-14)18(15,16)17/h2-7H,1H3,(H,15,16,17). The molecule has 0 amide bonds. The summed E-state index contributed by atoms with van der Waals surface area (Å²) < 4.78 is 32.3. The van der Waals surface area contributed by atoms with Crippen LogP contribution in [0.5, 0.6) is 0 Å². The second-order valence-corrected chi connectivity index (χ2v) is 5.07. The number of carbonyl (C=O) groups is 1. The molecule has 7 heteroatoms. The Morgan fingerprint density at radius 3 is 2.39 bits per heavy atom. The number of rotatable bonds is 3. The molecular weight excluding hydrogens is 256 g/mol. The van der Waals surface area contributed by atoms with Crippen LogP contribution in [0.2, 0.25) is 0 Å². The third kappa shape index (κ3) is 2.18. The number of nitrogens with zero attached hydrogens (tertiary/aromatic N) is 2. The van der Waals surface area contributed by atoms with Gasteiger partial charge in [-0.05, 0) is 19.1 Å². The van der Waals surface area contributed by atoms with Gasteiger partial charge in [0, 0.05) is 5.69 Å². The molecule has 0 fully saturated rings. The van der Waals surface area contributed by atoms with Crippen LogP contribution in [0.3, 0.4) is 0 Å². The van der Waals surface area contributed by atoms with Crippen molar-refractivity contribution in [2.75, 3.05) is 0 Å². The third-order valence-electron chi connectivity index (χ3n) is 2.44. The Kier molecular flexibility index (Phi) is 3.02. The van der Waals surface area contributed by atoms with Gasteiger partial charge in [-0.25, -0.2) is 4.98 Å². The zero-order chi connectivity index (χ0) is 13.3. The summed E-state index contributed by atoms with van der Waals surface area (Å²) in [5.74, 6) is 0. The minimum atomic E-state index is -4.50. The van der Waals surface area contributed by atoms with Gasteiger partial charge in [-0.1, -0.05) is 17.7 Å². The van der Waals surface area contributed by atoms with E-state index in [9.17, 15) is 13.2 Å². The molecule has 2 aromatic rings. The van der Waals surface area contributed by atoms with Crippen LogP contribution in [0, 0.1) is 6.92 Å². The van der Waals surface area contributed by atoms with Crippen molar-refractivity contribution in [2.24, 2.45) is 0 Å². The number of aldehydes is 1. The molecule has 94 valence electrons. The lowest BCUT2D eigenvalue weighted by atomic mass is 10.2. The highest BCUT2D eigenvalue weighted by molar-refractivity contribution is 7.85. The van der Waals surface area contributed by atoms with Gasteiger partial charge in [-0.2, -0.15) is 8.42 Å². The fourth-order valence-corrected chi connectivity index (χ4v) is 2.15. The lowest BCUT2D eigenvalue weighted by molar-refractivity contribution is 0.111. The second-order valence-electron chi connectivity index (χ2n) is 3.73. The van der Waals surface area contributed by atoms with Crippen molar-refractivity contribution in [2.45, 2.75) is 11.9 Å². The average Bonchev–Trinajstić information content (AvgIpc) is 2.73. The fraction of sp³-hybridized carbons (Fsp3) is 0.0909. The number of hydrogen-bond donors (Lipinski definition) is 1. The quantitative estimate of drug-likeness (QED) is 0.667. The van der Waals surface area contributed by atoms with Gasteiger partial charge < -0.3 is 0 Å². The molecule has 1 aromatic heterocycles. The molecule has 1 heterocycles. The highest BCUT2D eigenvalue weighted by atomic mass is 32.2. The van der Waals surface area contributed by atoms with Crippen LogP contribution in [0.15, 0.2) is 35.6 Å².